The summed E-state index contributed by atoms with van der Waals surface area (Å²) < 4.78 is 36.7. The molecule has 0 aromatic heterocycles. The summed E-state index contributed by atoms with van der Waals surface area (Å²) >= 11 is 3.26. The van der Waals surface area contributed by atoms with Gasteiger partial charge < -0.3 is 9.47 Å². The Balaban J connectivity index is 2.06. The molecular weight excluding hydrogens is 318 g/mol. The molecule has 0 aliphatic rings. The molecular formula is C14H11BrF2O2. The first kappa shape index (κ1) is 13.8. The zero-order chi connectivity index (χ0) is 13.7. The minimum absolute atomic E-state index is 0.117. The molecule has 0 heterocycles. The fraction of sp³-hybridized carbons (Fsp3) is 0.143. The monoisotopic (exact) mass is 328 g/mol. The van der Waals surface area contributed by atoms with Crippen molar-refractivity contribution in [3.8, 4) is 17.2 Å². The summed E-state index contributed by atoms with van der Waals surface area (Å²) in [5.74, 6) is -0.0420. The topological polar surface area (TPSA) is 18.5 Å². The van der Waals surface area contributed by atoms with Crippen molar-refractivity contribution in [2.24, 2.45) is 0 Å². The lowest BCUT2D eigenvalue weighted by molar-refractivity contribution is 0.344. The van der Waals surface area contributed by atoms with E-state index in [-0.39, 0.29) is 5.75 Å². The predicted molar refractivity (Wildman–Crippen MR) is 72.2 cm³/mol. The van der Waals surface area contributed by atoms with Gasteiger partial charge in [0.1, 0.15) is 28.9 Å². The second kappa shape index (κ2) is 6.52. The van der Waals surface area contributed by atoms with Crippen LogP contribution in [-0.2, 0) is 0 Å². The highest BCUT2D eigenvalue weighted by atomic mass is 79.9. The highest BCUT2D eigenvalue weighted by Crippen LogP contribution is 2.25. The van der Waals surface area contributed by atoms with E-state index in [9.17, 15) is 8.78 Å². The van der Waals surface area contributed by atoms with Crippen molar-refractivity contribution >= 4 is 15.9 Å². The molecule has 2 rings (SSSR count). The molecule has 0 aliphatic carbocycles. The minimum Gasteiger partial charge on any atom is -0.493 e. The predicted octanol–water partition coefficient (Wildman–Crippen LogP) is 4.53. The van der Waals surface area contributed by atoms with Crippen molar-refractivity contribution in [3.63, 3.8) is 0 Å². The van der Waals surface area contributed by atoms with E-state index in [4.69, 9.17) is 9.47 Å². The Morgan fingerprint density at radius 3 is 2.00 bits per heavy atom. The van der Waals surface area contributed by atoms with Gasteiger partial charge in [-0.2, -0.15) is 0 Å². The van der Waals surface area contributed by atoms with Crippen LogP contribution in [0.1, 0.15) is 0 Å². The maximum Gasteiger partial charge on any atom is 0.133 e. The molecule has 0 spiro atoms. The molecule has 0 unspecified atom stereocenters. The molecule has 0 saturated heterocycles. The molecule has 2 aromatic rings. The Hall–Kier alpha value is -1.62. The van der Waals surface area contributed by atoms with E-state index in [1.165, 1.54) is 0 Å². The van der Waals surface area contributed by atoms with E-state index < -0.39 is 11.6 Å². The number of halogens is 3. The number of ether oxygens (including phenoxy) is 2. The summed E-state index contributed by atoms with van der Waals surface area (Å²) in [6.07, 6.45) is 0. The van der Waals surface area contributed by atoms with Crippen LogP contribution in [0, 0.1) is 11.6 Å². The standard InChI is InChI=1S/C14H11BrF2O2/c15-5-6-18-12-1-3-13(4-2-12)19-14-8-10(16)7-11(17)9-14/h1-4,7-9H,5-6H2. The van der Waals surface area contributed by atoms with Gasteiger partial charge in [0.25, 0.3) is 0 Å². The van der Waals surface area contributed by atoms with Gasteiger partial charge in [-0.05, 0) is 24.3 Å². The van der Waals surface area contributed by atoms with Crippen LogP contribution in [0.25, 0.3) is 0 Å². The van der Waals surface area contributed by atoms with Crippen LogP contribution in [0.3, 0.4) is 0 Å². The minimum atomic E-state index is -0.674. The molecule has 2 nitrogen and oxygen atoms in total. The van der Waals surface area contributed by atoms with Crippen molar-refractivity contribution in [1.82, 2.24) is 0 Å². The van der Waals surface area contributed by atoms with Gasteiger partial charge in [0.2, 0.25) is 0 Å². The van der Waals surface area contributed by atoms with Crippen LogP contribution in [-0.4, -0.2) is 11.9 Å². The van der Waals surface area contributed by atoms with Gasteiger partial charge in [0.05, 0.1) is 6.61 Å². The van der Waals surface area contributed by atoms with E-state index >= 15 is 0 Å². The average molecular weight is 329 g/mol. The number of hydrogen-bond acceptors (Lipinski definition) is 2. The average Bonchev–Trinajstić information content (AvgIpc) is 2.37. The van der Waals surface area contributed by atoms with Crippen molar-refractivity contribution < 1.29 is 18.3 Å². The molecule has 19 heavy (non-hydrogen) atoms. The van der Waals surface area contributed by atoms with Crippen LogP contribution in [0.15, 0.2) is 42.5 Å². The van der Waals surface area contributed by atoms with Crippen molar-refractivity contribution in [2.75, 3.05) is 11.9 Å². The zero-order valence-corrected chi connectivity index (χ0v) is 11.5. The number of benzene rings is 2. The first-order chi connectivity index (χ1) is 9.17. The van der Waals surface area contributed by atoms with Crippen molar-refractivity contribution in [2.45, 2.75) is 0 Å². The van der Waals surface area contributed by atoms with Gasteiger partial charge in [-0.25, -0.2) is 8.78 Å². The molecule has 0 amide bonds. The Kier molecular flexibility index (Phi) is 4.74. The number of hydrogen-bond donors (Lipinski definition) is 0. The quantitative estimate of drug-likeness (QED) is 0.751. The zero-order valence-electron chi connectivity index (χ0n) is 9.91. The maximum atomic E-state index is 13.0. The molecule has 5 heteroatoms. The van der Waals surface area contributed by atoms with E-state index in [1.807, 2.05) is 0 Å². The SMILES string of the molecule is Fc1cc(F)cc(Oc2ccc(OCCBr)cc2)c1. The van der Waals surface area contributed by atoms with E-state index in [0.717, 1.165) is 23.5 Å². The third-order valence-electron chi connectivity index (χ3n) is 2.24. The van der Waals surface area contributed by atoms with Gasteiger partial charge in [0.15, 0.2) is 0 Å². The van der Waals surface area contributed by atoms with Crippen LogP contribution in [0.4, 0.5) is 8.78 Å². The molecule has 0 bridgehead atoms. The fourth-order valence-corrected chi connectivity index (χ4v) is 1.65. The van der Waals surface area contributed by atoms with Crippen LogP contribution < -0.4 is 9.47 Å². The third kappa shape index (κ3) is 4.21. The molecule has 0 saturated carbocycles. The third-order valence-corrected chi connectivity index (χ3v) is 2.57. The van der Waals surface area contributed by atoms with Gasteiger partial charge in [-0.1, -0.05) is 15.9 Å². The molecule has 0 radical (unpaired) electrons. The lowest BCUT2D eigenvalue weighted by Crippen LogP contribution is -1.97. The highest BCUT2D eigenvalue weighted by Gasteiger charge is 2.03. The van der Waals surface area contributed by atoms with Crippen LogP contribution >= 0.6 is 15.9 Å². The second-order valence-electron chi connectivity index (χ2n) is 3.72. The molecule has 100 valence electrons. The molecule has 0 fully saturated rings. The first-order valence-corrected chi connectivity index (χ1v) is 6.72. The Bertz CT molecular complexity index is 523. The Morgan fingerprint density at radius 1 is 0.842 bits per heavy atom. The summed E-state index contributed by atoms with van der Waals surface area (Å²) in [6.45, 7) is 0.565. The van der Waals surface area contributed by atoms with Crippen molar-refractivity contribution in [1.29, 1.82) is 0 Å². The second-order valence-corrected chi connectivity index (χ2v) is 4.51. The first-order valence-electron chi connectivity index (χ1n) is 5.60. The summed E-state index contributed by atoms with van der Waals surface area (Å²) in [5.41, 5.74) is 0. The van der Waals surface area contributed by atoms with Gasteiger partial charge in [-0.15, -0.1) is 0 Å². The van der Waals surface area contributed by atoms with E-state index in [0.29, 0.717) is 18.1 Å². The summed E-state index contributed by atoms with van der Waals surface area (Å²) in [6, 6.07) is 9.85. The highest BCUT2D eigenvalue weighted by molar-refractivity contribution is 9.09. The summed E-state index contributed by atoms with van der Waals surface area (Å²) in [4.78, 5) is 0. The number of rotatable bonds is 5. The van der Waals surface area contributed by atoms with Gasteiger partial charge in [0, 0.05) is 23.5 Å². The normalized spacial score (nSPS) is 10.3. The Morgan fingerprint density at radius 2 is 1.42 bits per heavy atom. The molecule has 2 aromatic carbocycles. The Labute approximate surface area is 118 Å². The summed E-state index contributed by atoms with van der Waals surface area (Å²) in [5, 5.41) is 0.744. The van der Waals surface area contributed by atoms with Crippen LogP contribution in [0.5, 0.6) is 17.2 Å². The lowest BCUT2D eigenvalue weighted by Gasteiger charge is -2.08. The lowest BCUT2D eigenvalue weighted by atomic mass is 10.3. The van der Waals surface area contributed by atoms with Gasteiger partial charge >= 0.3 is 0 Å². The van der Waals surface area contributed by atoms with Crippen LogP contribution in [0.2, 0.25) is 0 Å². The van der Waals surface area contributed by atoms with E-state index in [2.05, 4.69) is 15.9 Å². The number of alkyl halides is 1. The smallest absolute Gasteiger partial charge is 0.133 e. The fourth-order valence-electron chi connectivity index (χ4n) is 1.48. The largest absolute Gasteiger partial charge is 0.493 e. The van der Waals surface area contributed by atoms with Crippen molar-refractivity contribution in [3.05, 3.63) is 54.1 Å². The maximum absolute atomic E-state index is 13.0. The van der Waals surface area contributed by atoms with Gasteiger partial charge in [-0.3, -0.25) is 0 Å². The molecule has 0 N–H and O–H groups in total. The molecule has 0 aliphatic heterocycles. The van der Waals surface area contributed by atoms with E-state index in [1.54, 1.807) is 24.3 Å². The molecule has 0 atom stereocenters. The summed E-state index contributed by atoms with van der Waals surface area (Å²) in [7, 11) is 0.